The van der Waals surface area contributed by atoms with E-state index in [0.717, 1.165) is 11.1 Å². The van der Waals surface area contributed by atoms with E-state index in [0.29, 0.717) is 17.7 Å². The normalized spacial score (nSPS) is 11.7. The van der Waals surface area contributed by atoms with Crippen LogP contribution in [0.2, 0.25) is 0 Å². The Labute approximate surface area is 165 Å². The van der Waals surface area contributed by atoms with Gasteiger partial charge in [0.2, 0.25) is 5.91 Å². The van der Waals surface area contributed by atoms with Gasteiger partial charge in [-0.3, -0.25) is 14.4 Å². The summed E-state index contributed by atoms with van der Waals surface area (Å²) in [4.78, 5) is 36.1. The highest BCUT2D eigenvalue weighted by molar-refractivity contribution is 6.01. The summed E-state index contributed by atoms with van der Waals surface area (Å²) in [5.41, 5.74) is 2.78. The summed E-state index contributed by atoms with van der Waals surface area (Å²) in [6.45, 7) is 5.58. The summed E-state index contributed by atoms with van der Waals surface area (Å²) in [7, 11) is 0. The zero-order valence-corrected chi connectivity index (χ0v) is 16.4. The van der Waals surface area contributed by atoms with Crippen molar-refractivity contribution in [3.8, 4) is 0 Å². The third-order valence-corrected chi connectivity index (χ3v) is 4.45. The number of aryl methyl sites for hydroxylation is 2. The Hall–Kier alpha value is -3.15. The number of carbonyl (C=O) groups excluding carboxylic acids is 2. The molecule has 6 heteroatoms. The molecule has 0 aliphatic rings. The molecule has 2 aromatic carbocycles. The fourth-order valence-corrected chi connectivity index (χ4v) is 2.86. The topological polar surface area (TPSA) is 95.5 Å². The highest BCUT2D eigenvalue weighted by atomic mass is 16.4. The SMILES string of the molecule is Cc1ccccc1C(=O)NC(C(=O)Nc1cccc(CCC(=O)O)c1)C(C)C. The first-order valence-electron chi connectivity index (χ1n) is 9.26. The van der Waals surface area contributed by atoms with Gasteiger partial charge >= 0.3 is 5.97 Å². The maximum Gasteiger partial charge on any atom is 0.303 e. The van der Waals surface area contributed by atoms with Crippen LogP contribution in [0.25, 0.3) is 0 Å². The molecule has 2 aromatic rings. The Bertz CT molecular complexity index is 861. The van der Waals surface area contributed by atoms with Crippen molar-refractivity contribution in [3.05, 3.63) is 65.2 Å². The molecule has 0 heterocycles. The van der Waals surface area contributed by atoms with Crippen molar-refractivity contribution in [1.82, 2.24) is 5.32 Å². The van der Waals surface area contributed by atoms with Gasteiger partial charge in [0, 0.05) is 17.7 Å². The highest BCUT2D eigenvalue weighted by Crippen LogP contribution is 2.15. The lowest BCUT2D eigenvalue weighted by molar-refractivity contribution is -0.137. The van der Waals surface area contributed by atoms with Gasteiger partial charge in [-0.2, -0.15) is 0 Å². The minimum Gasteiger partial charge on any atom is -0.481 e. The number of hydrogen-bond acceptors (Lipinski definition) is 3. The number of aliphatic carboxylic acids is 1. The largest absolute Gasteiger partial charge is 0.481 e. The Morgan fingerprint density at radius 3 is 2.39 bits per heavy atom. The van der Waals surface area contributed by atoms with Gasteiger partial charge in [0.05, 0.1) is 0 Å². The van der Waals surface area contributed by atoms with Crippen LogP contribution in [0.1, 0.15) is 41.8 Å². The van der Waals surface area contributed by atoms with Crippen LogP contribution >= 0.6 is 0 Å². The predicted molar refractivity (Wildman–Crippen MR) is 108 cm³/mol. The molecule has 148 valence electrons. The average Bonchev–Trinajstić information content (AvgIpc) is 2.64. The highest BCUT2D eigenvalue weighted by Gasteiger charge is 2.25. The summed E-state index contributed by atoms with van der Waals surface area (Å²) in [5.74, 6) is -1.58. The fraction of sp³-hybridized carbons (Fsp3) is 0.318. The first-order chi connectivity index (χ1) is 13.3. The van der Waals surface area contributed by atoms with E-state index in [1.807, 2.05) is 39.0 Å². The minimum absolute atomic E-state index is 0.0263. The lowest BCUT2D eigenvalue weighted by Crippen LogP contribution is -2.47. The van der Waals surface area contributed by atoms with Crippen LogP contribution in [0, 0.1) is 12.8 Å². The zero-order chi connectivity index (χ0) is 20.7. The molecule has 1 unspecified atom stereocenters. The van der Waals surface area contributed by atoms with Crippen LogP contribution in [0.4, 0.5) is 5.69 Å². The van der Waals surface area contributed by atoms with Gasteiger partial charge in [-0.25, -0.2) is 0 Å². The average molecular weight is 382 g/mol. The van der Waals surface area contributed by atoms with Gasteiger partial charge in [-0.1, -0.05) is 44.2 Å². The minimum atomic E-state index is -0.867. The van der Waals surface area contributed by atoms with Crippen LogP contribution in [-0.2, 0) is 16.0 Å². The third kappa shape index (κ3) is 5.94. The molecule has 0 bridgehead atoms. The van der Waals surface area contributed by atoms with Gasteiger partial charge < -0.3 is 15.7 Å². The molecule has 2 rings (SSSR count). The Morgan fingerprint density at radius 1 is 1.04 bits per heavy atom. The van der Waals surface area contributed by atoms with Crippen molar-refractivity contribution in [1.29, 1.82) is 0 Å². The molecule has 0 saturated heterocycles. The molecule has 2 amide bonds. The van der Waals surface area contributed by atoms with Gasteiger partial charge in [0.15, 0.2) is 0 Å². The van der Waals surface area contributed by atoms with Gasteiger partial charge in [-0.05, 0) is 48.6 Å². The van der Waals surface area contributed by atoms with Crippen molar-refractivity contribution in [2.24, 2.45) is 5.92 Å². The van der Waals surface area contributed by atoms with Crippen molar-refractivity contribution in [3.63, 3.8) is 0 Å². The van der Waals surface area contributed by atoms with Gasteiger partial charge in [-0.15, -0.1) is 0 Å². The standard InChI is InChI=1S/C22H26N2O4/c1-14(2)20(24-21(27)18-10-5-4-7-15(18)3)22(28)23-17-9-6-8-16(13-17)11-12-19(25)26/h4-10,13-14,20H,11-12H2,1-3H3,(H,23,28)(H,24,27)(H,25,26). The number of rotatable bonds is 8. The van der Waals surface area contributed by atoms with E-state index in [9.17, 15) is 14.4 Å². The molecule has 6 nitrogen and oxygen atoms in total. The lowest BCUT2D eigenvalue weighted by Gasteiger charge is -2.22. The van der Waals surface area contributed by atoms with E-state index in [4.69, 9.17) is 5.11 Å². The van der Waals surface area contributed by atoms with Crippen LogP contribution in [0.3, 0.4) is 0 Å². The van der Waals surface area contributed by atoms with Crippen LogP contribution < -0.4 is 10.6 Å². The Morgan fingerprint density at radius 2 is 1.75 bits per heavy atom. The van der Waals surface area contributed by atoms with E-state index >= 15 is 0 Å². The summed E-state index contributed by atoms with van der Waals surface area (Å²) in [5, 5.41) is 14.5. The fourth-order valence-electron chi connectivity index (χ4n) is 2.86. The van der Waals surface area contributed by atoms with Gasteiger partial charge in [0.25, 0.3) is 5.91 Å². The lowest BCUT2D eigenvalue weighted by atomic mass is 10.0. The summed E-state index contributed by atoms with van der Waals surface area (Å²) < 4.78 is 0. The zero-order valence-electron chi connectivity index (χ0n) is 16.4. The van der Waals surface area contributed by atoms with E-state index in [2.05, 4.69) is 10.6 Å². The number of nitrogens with one attached hydrogen (secondary N) is 2. The second-order valence-corrected chi connectivity index (χ2v) is 7.09. The number of benzene rings is 2. The van der Waals surface area contributed by atoms with Crippen molar-refractivity contribution < 1.29 is 19.5 Å². The molecule has 28 heavy (non-hydrogen) atoms. The molecular formula is C22H26N2O4. The maximum absolute atomic E-state index is 12.8. The number of carboxylic acid groups (broad SMARTS) is 1. The molecule has 0 spiro atoms. The first-order valence-corrected chi connectivity index (χ1v) is 9.26. The molecule has 0 fully saturated rings. The molecule has 1 atom stereocenters. The number of carbonyl (C=O) groups is 3. The quantitative estimate of drug-likeness (QED) is 0.652. The Kier molecular flexibility index (Phi) is 7.32. The van der Waals surface area contributed by atoms with Crippen molar-refractivity contribution >= 4 is 23.5 Å². The molecule has 0 saturated carbocycles. The molecule has 0 aliphatic carbocycles. The first kappa shape index (κ1) is 21.2. The van der Waals surface area contributed by atoms with E-state index < -0.39 is 12.0 Å². The number of hydrogen-bond donors (Lipinski definition) is 3. The van der Waals surface area contributed by atoms with E-state index in [1.165, 1.54) is 0 Å². The number of anilines is 1. The van der Waals surface area contributed by atoms with Crippen molar-refractivity contribution in [2.75, 3.05) is 5.32 Å². The summed E-state index contributed by atoms with van der Waals surface area (Å²) in [6, 6.07) is 13.6. The number of amides is 2. The molecule has 3 N–H and O–H groups in total. The second kappa shape index (κ2) is 9.69. The third-order valence-electron chi connectivity index (χ3n) is 4.45. The summed E-state index contributed by atoms with van der Waals surface area (Å²) in [6.07, 6.45) is 0.412. The van der Waals surface area contributed by atoms with Gasteiger partial charge in [0.1, 0.15) is 6.04 Å². The van der Waals surface area contributed by atoms with E-state index in [-0.39, 0.29) is 24.2 Å². The molecule has 0 radical (unpaired) electrons. The smallest absolute Gasteiger partial charge is 0.303 e. The van der Waals surface area contributed by atoms with E-state index in [1.54, 1.807) is 30.3 Å². The number of carboxylic acids is 1. The second-order valence-electron chi connectivity index (χ2n) is 7.09. The Balaban J connectivity index is 2.09. The monoisotopic (exact) mass is 382 g/mol. The van der Waals surface area contributed by atoms with Crippen LogP contribution in [0.15, 0.2) is 48.5 Å². The predicted octanol–water partition coefficient (Wildman–Crippen LogP) is 3.41. The molecule has 0 aromatic heterocycles. The molecular weight excluding hydrogens is 356 g/mol. The van der Waals surface area contributed by atoms with Crippen molar-refractivity contribution in [2.45, 2.75) is 39.7 Å². The van der Waals surface area contributed by atoms with Crippen LogP contribution in [0.5, 0.6) is 0 Å². The van der Waals surface area contributed by atoms with Crippen LogP contribution in [-0.4, -0.2) is 28.9 Å². The summed E-state index contributed by atoms with van der Waals surface area (Å²) >= 11 is 0. The molecule has 0 aliphatic heterocycles. The maximum atomic E-state index is 12.8.